The van der Waals surface area contributed by atoms with Crippen LogP contribution in [0.5, 0.6) is 0 Å². The Balaban J connectivity index is 1.01. The predicted octanol–water partition coefficient (Wildman–Crippen LogP) is 2.49. The molecule has 1 aromatic carbocycles. The number of rotatable bonds is 6. The smallest absolute Gasteiger partial charge is 0.254 e. The van der Waals surface area contributed by atoms with Crippen LogP contribution in [-0.4, -0.2) is 89.2 Å². The summed E-state index contributed by atoms with van der Waals surface area (Å²) in [6.45, 7) is 5.91. The lowest BCUT2D eigenvalue weighted by Gasteiger charge is -2.58. The number of amides is 1. The summed E-state index contributed by atoms with van der Waals surface area (Å²) < 4.78 is 0. The van der Waals surface area contributed by atoms with Crippen LogP contribution in [-0.2, 0) is 18.4 Å². The van der Waals surface area contributed by atoms with E-state index in [1.54, 1.807) is 0 Å². The molecular formula is C29H37N5O2. The van der Waals surface area contributed by atoms with Crippen molar-refractivity contribution in [2.24, 2.45) is 5.41 Å². The van der Waals surface area contributed by atoms with E-state index >= 15 is 0 Å². The highest BCUT2D eigenvalue weighted by Crippen LogP contribution is 2.53. The van der Waals surface area contributed by atoms with Crippen molar-refractivity contribution in [2.75, 3.05) is 51.6 Å². The fraction of sp³-hybridized carbons (Fsp3) is 0.586. The van der Waals surface area contributed by atoms with Crippen molar-refractivity contribution >= 4 is 11.7 Å². The normalized spacial score (nSPS) is 25.2. The van der Waals surface area contributed by atoms with Crippen LogP contribution >= 0.6 is 0 Å². The van der Waals surface area contributed by atoms with Crippen molar-refractivity contribution in [3.63, 3.8) is 0 Å². The number of aromatic nitrogens is 1. The maximum Gasteiger partial charge on any atom is 0.254 e. The molecule has 1 atom stereocenters. The average Bonchev–Trinajstić information content (AvgIpc) is 3.60. The number of hydrogen-bond acceptors (Lipinski definition) is 6. The second-order valence-electron chi connectivity index (χ2n) is 12.4. The van der Waals surface area contributed by atoms with Crippen molar-refractivity contribution in [1.29, 1.82) is 0 Å². The number of pyridine rings is 1. The Kier molecular flexibility index (Phi) is 5.21. The Morgan fingerprint density at radius 1 is 1.14 bits per heavy atom. The summed E-state index contributed by atoms with van der Waals surface area (Å²) in [7, 11) is 2.19. The highest BCUT2D eigenvalue weighted by Gasteiger charge is 2.53. The molecule has 0 radical (unpaired) electrons. The van der Waals surface area contributed by atoms with Gasteiger partial charge in [0.2, 0.25) is 0 Å². The van der Waals surface area contributed by atoms with Gasteiger partial charge in [0.25, 0.3) is 5.91 Å². The molecule has 3 fully saturated rings. The third-order valence-corrected chi connectivity index (χ3v) is 9.37. The molecule has 2 spiro atoms. The van der Waals surface area contributed by atoms with Gasteiger partial charge in [-0.25, -0.2) is 4.98 Å². The molecular weight excluding hydrogens is 450 g/mol. The SMILES string of the molecule is CN1CC2(CC(Nc3cc4c(cn3)C3(CC3)CN(CC(O)CN3CCc5ccccc5C3)C4=O)C2)C1. The Morgan fingerprint density at radius 3 is 2.67 bits per heavy atom. The molecule has 7 nitrogen and oxygen atoms in total. The lowest BCUT2D eigenvalue weighted by Crippen LogP contribution is -2.63. The summed E-state index contributed by atoms with van der Waals surface area (Å²) >= 11 is 0. The number of likely N-dealkylation sites (tertiary alicyclic amines) is 1. The largest absolute Gasteiger partial charge is 0.390 e. The maximum atomic E-state index is 13.6. The maximum absolute atomic E-state index is 13.6. The third-order valence-electron chi connectivity index (χ3n) is 9.37. The fourth-order valence-electron chi connectivity index (χ4n) is 7.53. The Labute approximate surface area is 213 Å². The first kappa shape index (κ1) is 22.7. The quantitative estimate of drug-likeness (QED) is 0.653. The molecule has 2 saturated carbocycles. The second-order valence-corrected chi connectivity index (χ2v) is 12.4. The summed E-state index contributed by atoms with van der Waals surface area (Å²) in [4.78, 5) is 24.9. The molecule has 190 valence electrons. The number of nitrogens with one attached hydrogen (secondary N) is 1. The standard InChI is InChI=1S/C29H37N5O2/c1-32-17-28(18-32)11-22(12-28)31-26-10-24-25(13-30-26)29(7-8-29)19-34(27(24)36)16-23(35)15-33-9-6-20-4-2-3-5-21(20)14-33/h2-5,10,13,22-23,35H,6-9,11-12,14-19H2,1H3,(H,30,31). The average molecular weight is 488 g/mol. The van der Waals surface area contributed by atoms with Gasteiger partial charge in [-0.2, -0.15) is 0 Å². The third kappa shape index (κ3) is 3.92. The second kappa shape index (κ2) is 8.27. The Morgan fingerprint density at radius 2 is 1.92 bits per heavy atom. The van der Waals surface area contributed by atoms with Gasteiger partial charge in [-0.1, -0.05) is 24.3 Å². The molecule has 7 rings (SSSR count). The molecule has 5 aliphatic rings. The molecule has 1 aromatic heterocycles. The number of aliphatic hydroxyl groups excluding tert-OH is 1. The summed E-state index contributed by atoms with van der Waals surface area (Å²) in [5.41, 5.74) is 5.21. The van der Waals surface area contributed by atoms with Gasteiger partial charge in [-0.3, -0.25) is 9.69 Å². The lowest BCUT2D eigenvalue weighted by molar-refractivity contribution is -0.0513. The van der Waals surface area contributed by atoms with Gasteiger partial charge in [0.15, 0.2) is 0 Å². The number of benzene rings is 1. The highest BCUT2D eigenvalue weighted by molar-refractivity contribution is 5.98. The predicted molar refractivity (Wildman–Crippen MR) is 139 cm³/mol. The van der Waals surface area contributed by atoms with E-state index in [-0.39, 0.29) is 11.3 Å². The minimum Gasteiger partial charge on any atom is -0.390 e. The van der Waals surface area contributed by atoms with E-state index in [9.17, 15) is 9.90 Å². The molecule has 0 bridgehead atoms. The van der Waals surface area contributed by atoms with Gasteiger partial charge in [0.1, 0.15) is 5.82 Å². The summed E-state index contributed by atoms with van der Waals surface area (Å²) in [5, 5.41) is 14.6. The van der Waals surface area contributed by atoms with E-state index in [1.807, 2.05) is 17.2 Å². The van der Waals surface area contributed by atoms with Gasteiger partial charge in [0, 0.05) is 69.0 Å². The summed E-state index contributed by atoms with van der Waals surface area (Å²) in [6.07, 6.45) is 6.98. The first-order chi connectivity index (χ1) is 17.4. The Bertz CT molecular complexity index is 1180. The molecule has 2 aliphatic carbocycles. The van der Waals surface area contributed by atoms with Gasteiger partial charge in [0.05, 0.1) is 6.10 Å². The molecule has 2 aromatic rings. The van der Waals surface area contributed by atoms with Crippen LogP contribution in [0.2, 0.25) is 0 Å². The van der Waals surface area contributed by atoms with Crippen LogP contribution in [0.25, 0.3) is 0 Å². The molecule has 1 unspecified atom stereocenters. The number of carbonyl (C=O) groups is 1. The van der Waals surface area contributed by atoms with Crippen LogP contribution in [0.3, 0.4) is 0 Å². The van der Waals surface area contributed by atoms with Gasteiger partial charge in [-0.05, 0) is 67.3 Å². The number of β-amino-alcohol motifs (C(OH)–C–C–N with tert-alkyl or cyclic N) is 1. The zero-order chi connectivity index (χ0) is 24.5. The monoisotopic (exact) mass is 487 g/mol. The highest BCUT2D eigenvalue weighted by atomic mass is 16.3. The van der Waals surface area contributed by atoms with Crippen molar-refractivity contribution in [1.82, 2.24) is 19.7 Å². The van der Waals surface area contributed by atoms with Gasteiger partial charge >= 0.3 is 0 Å². The molecule has 1 saturated heterocycles. The van der Waals surface area contributed by atoms with Gasteiger partial charge in [-0.15, -0.1) is 0 Å². The molecule has 1 amide bonds. The van der Waals surface area contributed by atoms with Crippen molar-refractivity contribution in [2.45, 2.75) is 56.2 Å². The van der Waals surface area contributed by atoms with Crippen LogP contribution in [0.15, 0.2) is 36.5 Å². The van der Waals surface area contributed by atoms with Crippen LogP contribution in [0.1, 0.15) is 52.7 Å². The minimum atomic E-state index is -0.553. The first-order valence-corrected chi connectivity index (χ1v) is 13.6. The fourth-order valence-corrected chi connectivity index (χ4v) is 7.53. The van der Waals surface area contributed by atoms with E-state index in [4.69, 9.17) is 4.98 Å². The Hall–Kier alpha value is -2.48. The van der Waals surface area contributed by atoms with Crippen LogP contribution < -0.4 is 5.32 Å². The number of carbonyl (C=O) groups excluding carboxylic acids is 1. The molecule has 36 heavy (non-hydrogen) atoms. The zero-order valence-corrected chi connectivity index (χ0v) is 21.2. The lowest BCUT2D eigenvalue weighted by atomic mass is 9.61. The van der Waals surface area contributed by atoms with E-state index < -0.39 is 6.10 Å². The van der Waals surface area contributed by atoms with Crippen molar-refractivity contribution < 1.29 is 9.90 Å². The number of nitrogens with zero attached hydrogens (tertiary/aromatic N) is 4. The molecule has 3 aliphatic heterocycles. The number of hydrogen-bond donors (Lipinski definition) is 2. The van der Waals surface area contributed by atoms with E-state index in [0.29, 0.717) is 31.1 Å². The number of aliphatic hydroxyl groups is 1. The topological polar surface area (TPSA) is 71.9 Å². The molecule has 7 heteroatoms. The van der Waals surface area contributed by atoms with Crippen LogP contribution in [0, 0.1) is 5.41 Å². The van der Waals surface area contributed by atoms with E-state index in [2.05, 4.69) is 46.4 Å². The summed E-state index contributed by atoms with van der Waals surface area (Å²) in [5.74, 6) is 0.863. The summed E-state index contributed by atoms with van der Waals surface area (Å²) in [6, 6.07) is 11.0. The van der Waals surface area contributed by atoms with Crippen molar-refractivity contribution in [3.8, 4) is 0 Å². The number of anilines is 1. The molecule has 2 N–H and O–H groups in total. The zero-order valence-electron chi connectivity index (χ0n) is 21.2. The molecule has 4 heterocycles. The minimum absolute atomic E-state index is 0.0373. The number of fused-ring (bicyclic) bond motifs is 3. The van der Waals surface area contributed by atoms with E-state index in [1.165, 1.54) is 37.1 Å². The van der Waals surface area contributed by atoms with Crippen molar-refractivity contribution in [3.05, 3.63) is 58.8 Å². The van der Waals surface area contributed by atoms with Gasteiger partial charge < -0.3 is 20.2 Å². The van der Waals surface area contributed by atoms with Crippen LogP contribution in [0.4, 0.5) is 5.82 Å². The van der Waals surface area contributed by atoms with E-state index in [0.717, 1.165) is 49.3 Å². The first-order valence-electron chi connectivity index (χ1n) is 13.6.